The summed E-state index contributed by atoms with van der Waals surface area (Å²) in [7, 11) is 3.25. The molecule has 0 aliphatic carbocycles. The number of hydrogen-bond donors (Lipinski definition) is 1. The predicted molar refractivity (Wildman–Crippen MR) is 74.2 cm³/mol. The second kappa shape index (κ2) is 6.33. The SMILES string of the molecule is CC(=O)N(C)c1ccccc1C(=O)N(C)CC(C)O. The minimum absolute atomic E-state index is 0.140. The first-order valence-corrected chi connectivity index (χ1v) is 6.11. The molecular formula is C14H20N2O3. The van der Waals surface area contributed by atoms with Crippen LogP contribution < -0.4 is 4.90 Å². The van der Waals surface area contributed by atoms with E-state index in [0.717, 1.165) is 0 Å². The van der Waals surface area contributed by atoms with Crippen LogP contribution in [-0.2, 0) is 4.79 Å². The second-order valence-electron chi connectivity index (χ2n) is 4.63. The monoisotopic (exact) mass is 264 g/mol. The summed E-state index contributed by atoms with van der Waals surface area (Å²) in [5, 5.41) is 9.33. The van der Waals surface area contributed by atoms with Crippen molar-refractivity contribution in [1.29, 1.82) is 0 Å². The van der Waals surface area contributed by atoms with Crippen LogP contribution in [0.15, 0.2) is 24.3 Å². The number of aliphatic hydroxyl groups is 1. The summed E-state index contributed by atoms with van der Waals surface area (Å²) in [4.78, 5) is 26.6. The summed E-state index contributed by atoms with van der Waals surface area (Å²) >= 11 is 0. The van der Waals surface area contributed by atoms with Crippen molar-refractivity contribution in [2.75, 3.05) is 25.5 Å². The molecule has 0 aliphatic heterocycles. The number of aliphatic hydroxyl groups excluding tert-OH is 1. The summed E-state index contributed by atoms with van der Waals surface area (Å²) in [6, 6.07) is 6.93. The smallest absolute Gasteiger partial charge is 0.255 e. The lowest BCUT2D eigenvalue weighted by Gasteiger charge is -2.23. The number of hydrogen-bond acceptors (Lipinski definition) is 3. The van der Waals surface area contributed by atoms with E-state index in [2.05, 4.69) is 0 Å². The Balaban J connectivity index is 3.06. The highest BCUT2D eigenvalue weighted by Gasteiger charge is 2.19. The van der Waals surface area contributed by atoms with Gasteiger partial charge in [-0.2, -0.15) is 0 Å². The molecule has 1 atom stereocenters. The number of benzene rings is 1. The van der Waals surface area contributed by atoms with Crippen molar-refractivity contribution in [2.24, 2.45) is 0 Å². The fourth-order valence-corrected chi connectivity index (χ4v) is 1.80. The van der Waals surface area contributed by atoms with Crippen LogP contribution in [0.1, 0.15) is 24.2 Å². The van der Waals surface area contributed by atoms with Crippen molar-refractivity contribution in [3.63, 3.8) is 0 Å². The zero-order chi connectivity index (χ0) is 14.6. The fraction of sp³-hybridized carbons (Fsp3) is 0.429. The lowest BCUT2D eigenvalue weighted by Crippen LogP contribution is -2.34. The summed E-state index contributed by atoms with van der Waals surface area (Å²) in [6.07, 6.45) is -0.591. The third-order valence-electron chi connectivity index (χ3n) is 2.85. The Morgan fingerprint density at radius 1 is 1.26 bits per heavy atom. The van der Waals surface area contributed by atoms with Crippen molar-refractivity contribution >= 4 is 17.5 Å². The molecule has 2 amide bonds. The molecule has 1 aromatic rings. The maximum atomic E-state index is 12.3. The van der Waals surface area contributed by atoms with E-state index in [0.29, 0.717) is 11.3 Å². The van der Waals surface area contributed by atoms with Crippen LogP contribution >= 0.6 is 0 Å². The first kappa shape index (κ1) is 15.2. The van der Waals surface area contributed by atoms with E-state index >= 15 is 0 Å². The van der Waals surface area contributed by atoms with Crippen LogP contribution in [0, 0.1) is 0 Å². The number of rotatable bonds is 4. The van der Waals surface area contributed by atoms with Gasteiger partial charge in [0.25, 0.3) is 5.91 Å². The zero-order valence-electron chi connectivity index (χ0n) is 11.8. The highest BCUT2D eigenvalue weighted by molar-refractivity contribution is 6.04. The van der Waals surface area contributed by atoms with E-state index in [1.807, 2.05) is 0 Å². The van der Waals surface area contributed by atoms with Gasteiger partial charge in [-0.25, -0.2) is 0 Å². The maximum Gasteiger partial charge on any atom is 0.255 e. The molecule has 104 valence electrons. The van der Waals surface area contributed by atoms with Crippen LogP contribution in [0.25, 0.3) is 0 Å². The molecule has 0 heterocycles. The van der Waals surface area contributed by atoms with Gasteiger partial charge in [-0.15, -0.1) is 0 Å². The van der Waals surface area contributed by atoms with Crippen molar-refractivity contribution in [3.05, 3.63) is 29.8 Å². The third kappa shape index (κ3) is 3.79. The van der Waals surface area contributed by atoms with Crippen LogP contribution in [0.2, 0.25) is 0 Å². The van der Waals surface area contributed by atoms with Gasteiger partial charge in [-0.1, -0.05) is 12.1 Å². The molecule has 19 heavy (non-hydrogen) atoms. The molecule has 1 unspecified atom stereocenters. The molecule has 0 aromatic heterocycles. The van der Waals surface area contributed by atoms with Crippen molar-refractivity contribution in [3.8, 4) is 0 Å². The van der Waals surface area contributed by atoms with Crippen LogP contribution in [0.3, 0.4) is 0 Å². The predicted octanol–water partition coefficient (Wildman–Crippen LogP) is 1.12. The first-order valence-electron chi connectivity index (χ1n) is 6.11. The lowest BCUT2D eigenvalue weighted by molar-refractivity contribution is -0.116. The Kier molecular flexibility index (Phi) is 5.06. The highest BCUT2D eigenvalue weighted by Crippen LogP contribution is 2.20. The quantitative estimate of drug-likeness (QED) is 0.886. The van der Waals surface area contributed by atoms with Crippen molar-refractivity contribution in [2.45, 2.75) is 20.0 Å². The zero-order valence-corrected chi connectivity index (χ0v) is 11.8. The standard InChI is InChI=1S/C14H20N2O3/c1-10(17)9-15(3)14(19)12-7-5-6-8-13(12)16(4)11(2)18/h5-8,10,17H,9H2,1-4H3. The molecule has 0 bridgehead atoms. The van der Waals surface area contributed by atoms with Gasteiger partial charge < -0.3 is 14.9 Å². The number of carbonyl (C=O) groups is 2. The van der Waals surface area contributed by atoms with Gasteiger partial charge in [0, 0.05) is 27.6 Å². The van der Waals surface area contributed by atoms with Crippen molar-refractivity contribution in [1.82, 2.24) is 4.90 Å². The molecule has 1 rings (SSSR count). The Bertz CT molecular complexity index is 472. The van der Waals surface area contributed by atoms with Gasteiger partial charge in [0.2, 0.25) is 5.91 Å². The highest BCUT2D eigenvalue weighted by atomic mass is 16.3. The Morgan fingerprint density at radius 2 is 1.84 bits per heavy atom. The summed E-state index contributed by atoms with van der Waals surface area (Å²) < 4.78 is 0. The minimum atomic E-state index is -0.591. The first-order chi connectivity index (χ1) is 8.84. The van der Waals surface area contributed by atoms with Crippen molar-refractivity contribution < 1.29 is 14.7 Å². The maximum absolute atomic E-state index is 12.3. The summed E-state index contributed by atoms with van der Waals surface area (Å²) in [5.74, 6) is -0.358. The normalized spacial score (nSPS) is 11.8. The average molecular weight is 264 g/mol. The van der Waals surface area contributed by atoms with E-state index < -0.39 is 6.10 Å². The molecule has 5 nitrogen and oxygen atoms in total. The van der Waals surface area contributed by atoms with E-state index in [9.17, 15) is 14.7 Å². The van der Waals surface area contributed by atoms with E-state index in [4.69, 9.17) is 0 Å². The molecular weight excluding hydrogens is 244 g/mol. The van der Waals surface area contributed by atoms with Crippen LogP contribution in [0.5, 0.6) is 0 Å². The van der Waals surface area contributed by atoms with Crippen LogP contribution in [-0.4, -0.2) is 48.6 Å². The van der Waals surface area contributed by atoms with E-state index in [1.54, 1.807) is 45.3 Å². The molecule has 5 heteroatoms. The number of para-hydroxylation sites is 1. The minimum Gasteiger partial charge on any atom is -0.392 e. The van der Waals surface area contributed by atoms with Gasteiger partial charge in [-0.05, 0) is 19.1 Å². The Morgan fingerprint density at radius 3 is 2.37 bits per heavy atom. The number of carbonyl (C=O) groups excluding carboxylic acids is 2. The molecule has 1 aromatic carbocycles. The summed E-state index contributed by atoms with van der Waals surface area (Å²) in [6.45, 7) is 3.31. The van der Waals surface area contributed by atoms with Gasteiger partial charge in [0.05, 0.1) is 17.4 Å². The van der Waals surface area contributed by atoms with E-state index in [-0.39, 0.29) is 18.4 Å². The molecule has 0 saturated carbocycles. The number of anilines is 1. The lowest BCUT2D eigenvalue weighted by atomic mass is 10.1. The largest absolute Gasteiger partial charge is 0.392 e. The van der Waals surface area contributed by atoms with Crippen LogP contribution in [0.4, 0.5) is 5.69 Å². The summed E-state index contributed by atoms with van der Waals surface area (Å²) in [5.41, 5.74) is 1.01. The van der Waals surface area contributed by atoms with Gasteiger partial charge in [0.15, 0.2) is 0 Å². The number of amides is 2. The third-order valence-corrected chi connectivity index (χ3v) is 2.85. The van der Waals surface area contributed by atoms with Gasteiger partial charge in [-0.3, -0.25) is 9.59 Å². The Hall–Kier alpha value is -1.88. The number of nitrogens with zero attached hydrogens (tertiary/aromatic N) is 2. The molecule has 0 fully saturated rings. The molecule has 1 N–H and O–H groups in total. The second-order valence-corrected chi connectivity index (χ2v) is 4.63. The van der Waals surface area contributed by atoms with E-state index in [1.165, 1.54) is 16.7 Å². The molecule has 0 spiro atoms. The molecule has 0 radical (unpaired) electrons. The topological polar surface area (TPSA) is 60.9 Å². The molecule has 0 aliphatic rings. The van der Waals surface area contributed by atoms with Gasteiger partial charge >= 0.3 is 0 Å². The Labute approximate surface area is 113 Å². The average Bonchev–Trinajstić information content (AvgIpc) is 2.36. The fourth-order valence-electron chi connectivity index (χ4n) is 1.80. The van der Waals surface area contributed by atoms with Gasteiger partial charge in [0.1, 0.15) is 0 Å². The molecule has 0 saturated heterocycles. The number of likely N-dealkylation sites (N-methyl/N-ethyl adjacent to an activating group) is 1.